The Bertz CT molecular complexity index is 737. The molecule has 1 N–H and O–H groups in total. The van der Waals surface area contributed by atoms with Gasteiger partial charge in [0.1, 0.15) is 6.04 Å². The van der Waals surface area contributed by atoms with Crippen molar-refractivity contribution >= 4 is 11.8 Å². The van der Waals surface area contributed by atoms with E-state index in [9.17, 15) is 9.59 Å². The second kappa shape index (κ2) is 9.36. The summed E-state index contributed by atoms with van der Waals surface area (Å²) in [6, 6.07) is 19.6. The van der Waals surface area contributed by atoms with E-state index in [1.54, 1.807) is 6.92 Å². The Hall–Kier alpha value is -2.62. The van der Waals surface area contributed by atoms with Crippen LogP contribution in [0.2, 0.25) is 0 Å². The standard InChI is InChI=1S/C23H28N2O2/c1-18(24-22(26)17-20-10-6-3-7-11-20)23(27)25-14-12-21(13-15-25)16-19-8-4-2-5-9-19/h2-11,18,21H,12-17H2,1H3,(H,24,26)/t18-/m0/s1. The van der Waals surface area contributed by atoms with Crippen molar-refractivity contribution in [1.82, 2.24) is 10.2 Å². The lowest BCUT2D eigenvalue weighted by Gasteiger charge is -2.33. The van der Waals surface area contributed by atoms with Crippen LogP contribution in [0.15, 0.2) is 60.7 Å². The minimum Gasteiger partial charge on any atom is -0.344 e. The minimum absolute atomic E-state index is 0.0228. The first-order valence-electron chi connectivity index (χ1n) is 9.78. The highest BCUT2D eigenvalue weighted by molar-refractivity contribution is 5.88. The molecule has 2 aromatic carbocycles. The van der Waals surface area contributed by atoms with Gasteiger partial charge in [-0.3, -0.25) is 9.59 Å². The van der Waals surface area contributed by atoms with Crippen molar-refractivity contribution in [2.75, 3.05) is 13.1 Å². The van der Waals surface area contributed by atoms with Gasteiger partial charge < -0.3 is 10.2 Å². The summed E-state index contributed by atoms with van der Waals surface area (Å²) >= 11 is 0. The molecule has 0 saturated carbocycles. The van der Waals surface area contributed by atoms with Crippen molar-refractivity contribution < 1.29 is 9.59 Å². The average Bonchev–Trinajstić information content (AvgIpc) is 2.69. The quantitative estimate of drug-likeness (QED) is 0.856. The molecule has 142 valence electrons. The van der Waals surface area contributed by atoms with Gasteiger partial charge in [0, 0.05) is 13.1 Å². The number of likely N-dealkylation sites (tertiary alicyclic amines) is 1. The summed E-state index contributed by atoms with van der Waals surface area (Å²) in [5.74, 6) is 0.537. The Morgan fingerprint density at radius 2 is 1.52 bits per heavy atom. The largest absolute Gasteiger partial charge is 0.344 e. The van der Waals surface area contributed by atoms with E-state index < -0.39 is 6.04 Å². The zero-order chi connectivity index (χ0) is 19.1. The van der Waals surface area contributed by atoms with Crippen LogP contribution >= 0.6 is 0 Å². The molecule has 27 heavy (non-hydrogen) atoms. The fourth-order valence-electron chi connectivity index (χ4n) is 3.71. The predicted molar refractivity (Wildman–Crippen MR) is 107 cm³/mol. The summed E-state index contributed by atoms with van der Waals surface area (Å²) in [6.45, 7) is 3.33. The molecule has 0 unspecified atom stereocenters. The summed E-state index contributed by atoms with van der Waals surface area (Å²) in [5, 5.41) is 2.85. The van der Waals surface area contributed by atoms with Crippen LogP contribution in [-0.4, -0.2) is 35.8 Å². The Morgan fingerprint density at radius 3 is 2.11 bits per heavy atom. The van der Waals surface area contributed by atoms with E-state index in [0.717, 1.165) is 37.9 Å². The van der Waals surface area contributed by atoms with Gasteiger partial charge in [-0.25, -0.2) is 0 Å². The van der Waals surface area contributed by atoms with E-state index in [2.05, 4.69) is 29.6 Å². The summed E-state index contributed by atoms with van der Waals surface area (Å²) in [6.07, 6.45) is 3.42. The first kappa shape index (κ1) is 19.2. The molecule has 0 radical (unpaired) electrons. The lowest BCUT2D eigenvalue weighted by Crippen LogP contribution is -2.49. The maximum Gasteiger partial charge on any atom is 0.244 e. The van der Waals surface area contributed by atoms with Crippen LogP contribution in [0.3, 0.4) is 0 Å². The lowest BCUT2D eigenvalue weighted by atomic mass is 9.90. The van der Waals surface area contributed by atoms with Gasteiger partial charge in [0.05, 0.1) is 6.42 Å². The number of nitrogens with one attached hydrogen (secondary N) is 1. The SMILES string of the molecule is C[C@H](NC(=O)Cc1ccccc1)C(=O)N1CCC(Cc2ccccc2)CC1. The van der Waals surface area contributed by atoms with Crippen molar-refractivity contribution in [3.8, 4) is 0 Å². The van der Waals surface area contributed by atoms with Gasteiger partial charge in [0.2, 0.25) is 11.8 Å². The van der Waals surface area contributed by atoms with Crippen molar-refractivity contribution in [2.24, 2.45) is 5.92 Å². The number of piperidine rings is 1. The second-order valence-corrected chi connectivity index (χ2v) is 7.41. The number of nitrogens with zero attached hydrogens (tertiary/aromatic N) is 1. The van der Waals surface area contributed by atoms with Crippen molar-refractivity contribution in [3.05, 3.63) is 71.8 Å². The average molecular weight is 364 g/mol. The van der Waals surface area contributed by atoms with Crippen LogP contribution in [0.4, 0.5) is 0 Å². The van der Waals surface area contributed by atoms with Gasteiger partial charge in [-0.1, -0.05) is 60.7 Å². The number of amides is 2. The molecule has 1 heterocycles. The number of carbonyl (C=O) groups excluding carboxylic acids is 2. The van der Waals surface area contributed by atoms with Crippen LogP contribution < -0.4 is 5.32 Å². The van der Waals surface area contributed by atoms with E-state index in [1.807, 2.05) is 41.3 Å². The monoisotopic (exact) mass is 364 g/mol. The first-order valence-corrected chi connectivity index (χ1v) is 9.78. The minimum atomic E-state index is -0.480. The van der Waals surface area contributed by atoms with Crippen molar-refractivity contribution in [1.29, 1.82) is 0 Å². The van der Waals surface area contributed by atoms with Crippen LogP contribution in [0, 0.1) is 5.92 Å². The molecule has 0 spiro atoms. The number of rotatable bonds is 6. The number of benzene rings is 2. The highest BCUT2D eigenvalue weighted by Gasteiger charge is 2.26. The topological polar surface area (TPSA) is 49.4 Å². The highest BCUT2D eigenvalue weighted by Crippen LogP contribution is 2.22. The fraction of sp³-hybridized carbons (Fsp3) is 0.391. The van der Waals surface area contributed by atoms with E-state index in [0.29, 0.717) is 12.3 Å². The summed E-state index contributed by atoms with van der Waals surface area (Å²) < 4.78 is 0. The molecule has 3 rings (SSSR count). The van der Waals surface area contributed by atoms with Crippen LogP contribution in [0.5, 0.6) is 0 Å². The van der Waals surface area contributed by atoms with E-state index in [4.69, 9.17) is 0 Å². The number of hydrogen-bond acceptors (Lipinski definition) is 2. The van der Waals surface area contributed by atoms with E-state index in [-0.39, 0.29) is 11.8 Å². The van der Waals surface area contributed by atoms with Gasteiger partial charge >= 0.3 is 0 Å². The first-order chi connectivity index (χ1) is 13.1. The van der Waals surface area contributed by atoms with E-state index in [1.165, 1.54) is 5.56 Å². The van der Waals surface area contributed by atoms with Gasteiger partial charge in [-0.05, 0) is 43.2 Å². The lowest BCUT2D eigenvalue weighted by molar-refractivity contribution is -0.137. The molecule has 2 aromatic rings. The molecule has 1 aliphatic rings. The molecule has 0 bridgehead atoms. The van der Waals surface area contributed by atoms with Crippen LogP contribution in [-0.2, 0) is 22.4 Å². The summed E-state index contributed by atoms with van der Waals surface area (Å²) in [7, 11) is 0. The third-order valence-electron chi connectivity index (χ3n) is 5.25. The van der Waals surface area contributed by atoms with Gasteiger partial charge in [-0.15, -0.1) is 0 Å². The zero-order valence-electron chi connectivity index (χ0n) is 15.9. The predicted octanol–water partition coefficient (Wildman–Crippen LogP) is 3.22. The second-order valence-electron chi connectivity index (χ2n) is 7.41. The van der Waals surface area contributed by atoms with Crippen molar-refractivity contribution in [2.45, 2.75) is 38.6 Å². The third-order valence-corrected chi connectivity index (χ3v) is 5.25. The van der Waals surface area contributed by atoms with Crippen molar-refractivity contribution in [3.63, 3.8) is 0 Å². The zero-order valence-corrected chi connectivity index (χ0v) is 15.9. The molecule has 1 atom stereocenters. The summed E-state index contributed by atoms with van der Waals surface area (Å²) in [4.78, 5) is 26.7. The molecular formula is C23H28N2O2. The normalized spacial score (nSPS) is 16.0. The van der Waals surface area contributed by atoms with Crippen LogP contribution in [0.25, 0.3) is 0 Å². The number of hydrogen-bond donors (Lipinski definition) is 1. The smallest absolute Gasteiger partial charge is 0.244 e. The molecule has 1 saturated heterocycles. The molecule has 0 aromatic heterocycles. The Morgan fingerprint density at radius 1 is 0.963 bits per heavy atom. The highest BCUT2D eigenvalue weighted by atomic mass is 16.2. The molecule has 4 heteroatoms. The fourth-order valence-corrected chi connectivity index (χ4v) is 3.71. The molecular weight excluding hydrogens is 336 g/mol. The van der Waals surface area contributed by atoms with Crippen LogP contribution in [0.1, 0.15) is 30.9 Å². The molecule has 0 aliphatic carbocycles. The molecule has 4 nitrogen and oxygen atoms in total. The van der Waals surface area contributed by atoms with Gasteiger partial charge in [0.25, 0.3) is 0 Å². The Labute approximate surface area is 161 Å². The van der Waals surface area contributed by atoms with Gasteiger partial charge in [-0.2, -0.15) is 0 Å². The number of carbonyl (C=O) groups is 2. The maximum absolute atomic E-state index is 12.7. The van der Waals surface area contributed by atoms with E-state index >= 15 is 0 Å². The van der Waals surface area contributed by atoms with Gasteiger partial charge in [0.15, 0.2) is 0 Å². The molecule has 1 aliphatic heterocycles. The molecule has 1 fully saturated rings. The Balaban J connectivity index is 1.43. The maximum atomic E-state index is 12.7. The third kappa shape index (κ3) is 5.68. The summed E-state index contributed by atoms with van der Waals surface area (Å²) in [5.41, 5.74) is 2.32. The molecule has 2 amide bonds. The Kier molecular flexibility index (Phi) is 6.64.